The van der Waals surface area contributed by atoms with Gasteiger partial charge < -0.3 is 180 Å². The Morgan fingerprint density at radius 3 is 1.22 bits per heavy atom. The minimum absolute atomic E-state index is 0.0254. The highest BCUT2D eigenvalue weighted by atomic mass is 19.1. The summed E-state index contributed by atoms with van der Waals surface area (Å²) in [5, 5.41) is 121. The molecule has 0 radical (unpaired) electrons. The average molecular weight is 2070 g/mol. The Bertz CT molecular complexity index is 4490. The molecule has 1 fully saturated rings. The Morgan fingerprint density at radius 2 is 0.799 bits per heavy atom. The van der Waals surface area contributed by atoms with Crippen molar-refractivity contribution >= 4 is 94.6 Å². The largest absolute Gasteiger partial charge is 0.493 e. The molecule has 812 valence electrons. The van der Waals surface area contributed by atoms with Gasteiger partial charge in [0, 0.05) is 110 Å². The third-order valence-corrected chi connectivity index (χ3v) is 21.4. The molecule has 0 saturated carbocycles. The summed E-state index contributed by atoms with van der Waals surface area (Å²) in [7, 11) is 2.63. The summed E-state index contributed by atoms with van der Waals surface area (Å²) in [6.07, 6.45) is -21.0. The summed E-state index contributed by atoms with van der Waals surface area (Å²) >= 11 is 0. The quantitative estimate of drug-likeness (QED) is 0.0166. The molecule has 20 N–H and O–H groups in total. The van der Waals surface area contributed by atoms with Crippen LogP contribution in [0.15, 0.2) is 12.1 Å². The fraction of sp³-hybridized carbons (Fsp3) is 0.685. The topological polar surface area (TPSA) is 735 Å². The number of hydrogen-bond donors (Lipinski definition) is 20. The van der Waals surface area contributed by atoms with Crippen molar-refractivity contribution in [1.29, 1.82) is 0 Å². The lowest BCUT2D eigenvalue weighted by atomic mass is 10.0. The van der Waals surface area contributed by atoms with Crippen molar-refractivity contribution in [2.75, 3.05) is 212 Å². The van der Waals surface area contributed by atoms with Crippen LogP contribution < -0.4 is 72.1 Å². The standard InChI is InChI=1S/C89H137F2N13O40/c1-5-141-78(123)15-13-74(119)102-46-54-37-64(131-3)86(80(90)56(54)48-102)142-19-6-20-143-87-65(132-4)38-55-47-103(49-57(55)81(87)91)75(120)14-16-79(124)144-53(2)39-93-66(111)9-8-59(101-73(118)50-104-76(121)11-12-77(104)122)89(130)99-45-72(117)97-44-71(116)96-43-70(115)95-42-69(114)92-18-22-134-24-26-136-28-30-138-32-34-140-36-35-139-33-31-137-29-27-135-25-23-133-21-17-68(113)100-58(88(129)98-41-61(108)83(126)85(128)63(110)52-106)7-10-67(112)94-40-60(107)82(125)84(127)62(109)51-105/h37-38,53,58-63,82-85,105-110,125-128H,5-36,39-52H2,1-4H3,(H,92,114)(H,93,111)(H,94,112)(H,95,115)(H,96,116)(H,97,117)(H,98,129)(H,99,130)(H,100,113)(H,101,118)/t53-,58-,59-,60-,61-,62+,63+,82+,83+,84+,85+/m0/s1/i11T/t11?,53-,58-,59-,60-,61-,62+,63+,82+,83+,84+,85+. The number of ether oxygens (including phenoxy) is 14. The smallest absolute Gasteiger partial charge is 0.306 e. The summed E-state index contributed by atoms with van der Waals surface area (Å²) in [6, 6.07) is 0.0637. The van der Waals surface area contributed by atoms with Crippen molar-refractivity contribution in [2.24, 2.45) is 0 Å². The SMILES string of the molecule is [3H]C1CC(=O)N(CC(=O)N[C@@H](CCC(=O)NC[C@H](C)OC(=O)CCC(=O)N2Cc3cc(OC)c(OCCCOc4c(OC)cc5c(c4F)CN(C(=O)CCC(=O)OCC)C5)c(F)c3C2)C(=O)NCC(=O)NCC(=O)NCC(=O)NCC(=O)NCCOCCOCCOCCOCCOCCOCCOCCOCCC(=O)N[C@@H](CCC(=O)NC[C@H](O)[C@@H](O)[C@H](O)[C@H](O)CO)C(=O)NC[C@H](O)[C@@H](O)[C@H](O)[C@H](O)CO)C1=O. The van der Waals surface area contributed by atoms with E-state index in [0.717, 1.165) is 0 Å². The van der Waals surface area contributed by atoms with E-state index in [1.807, 2.05) is 0 Å². The highest BCUT2D eigenvalue weighted by Crippen LogP contribution is 2.41. The zero-order valence-electron chi connectivity index (χ0n) is 81.7. The summed E-state index contributed by atoms with van der Waals surface area (Å²) in [5.74, 6) is -14.3. The van der Waals surface area contributed by atoms with Crippen LogP contribution in [-0.2, 0) is 150 Å². The van der Waals surface area contributed by atoms with E-state index in [0.29, 0.717) is 35.8 Å². The fourth-order valence-electron chi connectivity index (χ4n) is 13.5. The first kappa shape index (κ1) is 121. The monoisotopic (exact) mass is 2070 g/mol. The third-order valence-electron chi connectivity index (χ3n) is 21.4. The number of amides is 14. The van der Waals surface area contributed by atoms with Crippen LogP contribution in [0.25, 0.3) is 0 Å². The molecule has 14 amide bonds. The highest BCUT2D eigenvalue weighted by Gasteiger charge is 2.38. The van der Waals surface area contributed by atoms with E-state index < -0.39 is 265 Å². The van der Waals surface area contributed by atoms with Gasteiger partial charge in [0.25, 0.3) is 0 Å². The van der Waals surface area contributed by atoms with E-state index in [1.54, 1.807) is 13.0 Å². The number of aliphatic hydroxyl groups is 10. The average Bonchev–Trinajstić information content (AvgIpc) is 1.65. The zero-order chi connectivity index (χ0) is 107. The van der Waals surface area contributed by atoms with E-state index >= 15 is 8.78 Å². The second-order valence-electron chi connectivity index (χ2n) is 32.4. The minimum Gasteiger partial charge on any atom is -0.493 e. The molecule has 53 nitrogen and oxygen atoms in total. The van der Waals surface area contributed by atoms with Crippen LogP contribution in [0.3, 0.4) is 0 Å². The molecule has 3 aliphatic heterocycles. The molecule has 1 saturated heterocycles. The molecule has 0 aliphatic carbocycles. The lowest BCUT2D eigenvalue weighted by Gasteiger charge is -2.26. The number of hydrogen-bond acceptors (Lipinski definition) is 40. The predicted octanol–water partition coefficient (Wildman–Crippen LogP) is -9.43. The number of nitrogens with zero attached hydrogens (tertiary/aromatic N) is 3. The molecule has 3 heterocycles. The number of imide groups is 1. The van der Waals surface area contributed by atoms with Gasteiger partial charge in [-0.3, -0.25) is 81.6 Å². The molecular weight excluding hydrogens is 1930 g/mol. The molecular formula is C89H137F2N13O40. The van der Waals surface area contributed by atoms with Crippen LogP contribution in [0.2, 0.25) is 0 Å². The van der Waals surface area contributed by atoms with E-state index in [2.05, 4.69) is 53.2 Å². The van der Waals surface area contributed by atoms with Crippen LogP contribution in [0.5, 0.6) is 23.0 Å². The molecule has 55 heteroatoms. The van der Waals surface area contributed by atoms with Crippen molar-refractivity contribution in [2.45, 2.75) is 184 Å². The molecule has 2 aromatic rings. The van der Waals surface area contributed by atoms with E-state index in [-0.39, 0.29) is 224 Å². The number of carbonyl (C=O) groups is 16. The summed E-state index contributed by atoms with van der Waals surface area (Å²) < 4.78 is 116. The first-order chi connectivity index (χ1) is 69.3. The van der Waals surface area contributed by atoms with Gasteiger partial charge in [-0.05, 0) is 49.9 Å². The number of carbonyl (C=O) groups excluding carboxylic acids is 16. The predicted molar refractivity (Wildman–Crippen MR) is 486 cm³/mol. The van der Waals surface area contributed by atoms with Gasteiger partial charge >= 0.3 is 11.9 Å². The molecule has 0 aromatic heterocycles. The third kappa shape index (κ3) is 46.3. The van der Waals surface area contributed by atoms with Gasteiger partial charge in [0.1, 0.15) is 61.4 Å². The van der Waals surface area contributed by atoms with Gasteiger partial charge in [0.05, 0.1) is 211 Å². The fourth-order valence-corrected chi connectivity index (χ4v) is 13.5. The maximum absolute atomic E-state index is 16.2. The number of benzene rings is 2. The second-order valence-corrected chi connectivity index (χ2v) is 32.4. The van der Waals surface area contributed by atoms with Crippen molar-refractivity contribution in [3.63, 3.8) is 0 Å². The Morgan fingerprint density at radius 1 is 0.417 bits per heavy atom. The first-order valence-corrected chi connectivity index (χ1v) is 46.6. The normalized spacial score (nSPS) is 15.5. The van der Waals surface area contributed by atoms with Gasteiger partial charge in [0.15, 0.2) is 34.6 Å². The van der Waals surface area contributed by atoms with Crippen LogP contribution in [0, 0.1) is 11.6 Å². The molecule has 2 aromatic carbocycles. The zero-order valence-corrected chi connectivity index (χ0v) is 80.7. The van der Waals surface area contributed by atoms with Crippen molar-refractivity contribution < 1.29 is 204 Å². The van der Waals surface area contributed by atoms with Crippen molar-refractivity contribution in [3.05, 3.63) is 46.0 Å². The molecule has 12 atom stereocenters. The van der Waals surface area contributed by atoms with E-state index in [1.165, 1.54) is 37.0 Å². The molecule has 1 unspecified atom stereocenters. The number of rotatable bonds is 77. The van der Waals surface area contributed by atoms with Gasteiger partial charge in [-0.15, -0.1) is 0 Å². The van der Waals surface area contributed by atoms with E-state index in [4.69, 9.17) is 77.9 Å². The lowest BCUT2D eigenvalue weighted by molar-refractivity contribution is -0.150. The van der Waals surface area contributed by atoms with Crippen LogP contribution in [-0.4, -0.2) is 439 Å². The van der Waals surface area contributed by atoms with Gasteiger partial charge in [-0.2, -0.15) is 0 Å². The molecule has 144 heavy (non-hydrogen) atoms. The van der Waals surface area contributed by atoms with Crippen LogP contribution in [0.1, 0.15) is 114 Å². The summed E-state index contributed by atoms with van der Waals surface area (Å²) in [6.45, 7) is -0.717. The van der Waals surface area contributed by atoms with Gasteiger partial charge in [-0.25, -0.2) is 8.78 Å². The van der Waals surface area contributed by atoms with Gasteiger partial charge in [0.2, 0.25) is 82.7 Å². The Labute approximate surface area is 828 Å². The number of esters is 2. The van der Waals surface area contributed by atoms with E-state index in [9.17, 15) is 118 Å². The second kappa shape index (κ2) is 68.7. The number of likely N-dealkylation sites (tertiary alicyclic amines) is 1. The van der Waals surface area contributed by atoms with Gasteiger partial charge in [-0.1, -0.05) is 0 Å². The number of nitrogens with one attached hydrogen (secondary N) is 10. The van der Waals surface area contributed by atoms with Crippen LogP contribution >= 0.6 is 0 Å². The molecule has 3 aliphatic rings. The molecule has 0 spiro atoms. The van der Waals surface area contributed by atoms with Crippen LogP contribution in [0.4, 0.5) is 8.78 Å². The minimum atomic E-state index is -2.02. The number of aliphatic hydroxyl groups excluding tert-OH is 10. The summed E-state index contributed by atoms with van der Waals surface area (Å²) in [5.41, 5.74) is 1.29. The maximum Gasteiger partial charge on any atom is 0.306 e. The number of halogens is 2. The van der Waals surface area contributed by atoms with Crippen molar-refractivity contribution in [3.8, 4) is 23.0 Å². The molecule has 5 rings (SSSR count). The number of methoxy groups -OCH3 is 2. The lowest BCUT2D eigenvalue weighted by Crippen LogP contribution is -2.53. The highest BCUT2D eigenvalue weighted by molar-refractivity contribution is 6.05. The first-order valence-electron chi connectivity index (χ1n) is 47.1. The Balaban J connectivity index is 0.847. The maximum atomic E-state index is 16.2. The van der Waals surface area contributed by atoms with Crippen molar-refractivity contribution in [1.82, 2.24) is 67.9 Å². The Kier molecular flexibility index (Phi) is 57.8. The molecule has 0 bridgehead atoms. The Hall–Kier alpha value is -11.5. The number of fused-ring (bicyclic) bond motifs is 2. The summed E-state index contributed by atoms with van der Waals surface area (Å²) in [4.78, 5) is 207.